The van der Waals surface area contributed by atoms with Crippen LogP contribution in [0.2, 0.25) is 0 Å². The lowest BCUT2D eigenvalue weighted by Crippen LogP contribution is -2.26. The molecule has 2 heterocycles. The Morgan fingerprint density at radius 3 is 2.31 bits per heavy atom. The third-order valence-corrected chi connectivity index (χ3v) is 4.44. The number of nitrogens with one attached hydrogen (secondary N) is 1. The number of nitrogen functional groups attached to an aromatic ring is 1. The molecular formula is C19H19N3O4. The molecule has 1 aromatic heterocycles. The van der Waals surface area contributed by atoms with Crippen molar-refractivity contribution in [2.45, 2.75) is 33.1 Å². The Morgan fingerprint density at radius 2 is 1.73 bits per heavy atom. The van der Waals surface area contributed by atoms with E-state index in [4.69, 9.17) is 5.73 Å². The smallest absolute Gasteiger partial charge is 0.262 e. The number of fused-ring (bicyclic) bond motifs is 1. The van der Waals surface area contributed by atoms with Crippen LogP contribution in [0.4, 0.5) is 5.82 Å². The first-order chi connectivity index (χ1) is 12.0. The molecule has 0 radical (unpaired) electrons. The standard InChI is InChI=1S/C19H19N3O4/c1-9(23)11-6-5-10(19(2,3)4)7-13(11)22-14(24)8-12-15(16(22)20)18(26)21-17(12)25/h5-8H,20H2,1-4H3,(H,21,25,26). The molecule has 1 aromatic carbocycles. The van der Waals surface area contributed by atoms with E-state index in [1.165, 1.54) is 6.92 Å². The van der Waals surface area contributed by atoms with Crippen LogP contribution in [0.15, 0.2) is 29.1 Å². The predicted octanol–water partition coefficient (Wildman–Crippen LogP) is 1.80. The highest BCUT2D eigenvalue weighted by atomic mass is 16.2. The minimum absolute atomic E-state index is 0.0507. The lowest BCUT2D eigenvalue weighted by molar-refractivity contribution is 0.0879. The van der Waals surface area contributed by atoms with Gasteiger partial charge in [0.2, 0.25) is 0 Å². The number of carbonyl (C=O) groups is 3. The molecule has 3 N–H and O–H groups in total. The predicted molar refractivity (Wildman–Crippen MR) is 97.0 cm³/mol. The van der Waals surface area contributed by atoms with Crippen molar-refractivity contribution in [3.8, 4) is 5.69 Å². The summed E-state index contributed by atoms with van der Waals surface area (Å²) >= 11 is 0. The molecule has 2 aromatic rings. The molecule has 0 saturated carbocycles. The maximum Gasteiger partial charge on any atom is 0.262 e. The number of rotatable bonds is 2. The molecule has 0 bridgehead atoms. The monoisotopic (exact) mass is 353 g/mol. The van der Waals surface area contributed by atoms with Gasteiger partial charge in [-0.1, -0.05) is 26.8 Å². The largest absolute Gasteiger partial charge is 0.384 e. The molecule has 0 atom stereocenters. The minimum Gasteiger partial charge on any atom is -0.384 e. The topological polar surface area (TPSA) is 111 Å². The highest BCUT2D eigenvalue weighted by Gasteiger charge is 2.32. The van der Waals surface area contributed by atoms with Gasteiger partial charge in [0.15, 0.2) is 5.78 Å². The first kappa shape index (κ1) is 17.6. The van der Waals surface area contributed by atoms with Crippen LogP contribution in [0.25, 0.3) is 5.69 Å². The van der Waals surface area contributed by atoms with E-state index in [0.717, 1.165) is 16.2 Å². The van der Waals surface area contributed by atoms with Crippen LogP contribution in [0.5, 0.6) is 0 Å². The Kier molecular flexibility index (Phi) is 3.83. The quantitative estimate of drug-likeness (QED) is 0.632. The molecule has 0 spiro atoms. The molecule has 7 nitrogen and oxygen atoms in total. The van der Waals surface area contributed by atoms with E-state index in [1.54, 1.807) is 12.1 Å². The van der Waals surface area contributed by atoms with Gasteiger partial charge in [-0.2, -0.15) is 0 Å². The summed E-state index contributed by atoms with van der Waals surface area (Å²) in [6.45, 7) is 7.39. The zero-order valence-electron chi connectivity index (χ0n) is 15.0. The zero-order valence-corrected chi connectivity index (χ0v) is 15.0. The average molecular weight is 353 g/mol. The number of amides is 2. The van der Waals surface area contributed by atoms with Gasteiger partial charge in [0.05, 0.1) is 16.8 Å². The molecule has 0 fully saturated rings. The van der Waals surface area contributed by atoms with Crippen LogP contribution in [-0.4, -0.2) is 22.2 Å². The number of aromatic nitrogens is 1. The van der Waals surface area contributed by atoms with Gasteiger partial charge < -0.3 is 5.73 Å². The molecule has 7 heteroatoms. The lowest BCUT2D eigenvalue weighted by atomic mass is 9.85. The second-order valence-electron chi connectivity index (χ2n) is 7.31. The summed E-state index contributed by atoms with van der Waals surface area (Å²) < 4.78 is 1.11. The van der Waals surface area contributed by atoms with E-state index in [-0.39, 0.29) is 28.1 Å². The van der Waals surface area contributed by atoms with Gasteiger partial charge in [0.1, 0.15) is 5.82 Å². The van der Waals surface area contributed by atoms with E-state index in [2.05, 4.69) is 5.32 Å². The summed E-state index contributed by atoms with van der Waals surface area (Å²) in [4.78, 5) is 48.6. The number of ketones is 1. The molecule has 134 valence electrons. The van der Waals surface area contributed by atoms with Crippen LogP contribution in [0.1, 0.15) is 64.3 Å². The SMILES string of the molecule is CC(=O)c1ccc(C(C)(C)C)cc1-n1c(N)c2c(cc1=O)C(=O)NC2=O. The number of Topliss-reactive ketones (excluding diaryl/α,β-unsaturated/α-hetero) is 1. The van der Waals surface area contributed by atoms with Crippen molar-refractivity contribution < 1.29 is 14.4 Å². The molecule has 1 aliphatic heterocycles. The van der Waals surface area contributed by atoms with Gasteiger partial charge in [-0.3, -0.25) is 29.1 Å². The molecule has 3 rings (SSSR count). The summed E-state index contributed by atoms with van der Waals surface area (Å²) in [5.74, 6) is -1.72. The Morgan fingerprint density at radius 1 is 1.08 bits per heavy atom. The molecule has 1 aliphatic rings. The molecular weight excluding hydrogens is 334 g/mol. The lowest BCUT2D eigenvalue weighted by Gasteiger charge is -2.22. The Bertz CT molecular complexity index is 1040. The van der Waals surface area contributed by atoms with Crippen molar-refractivity contribution in [2.75, 3.05) is 5.73 Å². The number of hydrogen-bond acceptors (Lipinski definition) is 5. The molecule has 0 unspecified atom stereocenters. The summed E-state index contributed by atoms with van der Waals surface area (Å²) in [7, 11) is 0. The highest BCUT2D eigenvalue weighted by Crippen LogP contribution is 2.29. The fourth-order valence-electron chi connectivity index (χ4n) is 3.01. The van der Waals surface area contributed by atoms with Crippen LogP contribution in [0.3, 0.4) is 0 Å². The van der Waals surface area contributed by atoms with E-state index in [9.17, 15) is 19.2 Å². The second kappa shape index (κ2) is 5.66. The minimum atomic E-state index is -0.660. The van der Waals surface area contributed by atoms with Gasteiger partial charge in [-0.15, -0.1) is 0 Å². The normalized spacial score (nSPS) is 13.5. The highest BCUT2D eigenvalue weighted by molar-refractivity contribution is 6.23. The van der Waals surface area contributed by atoms with Gasteiger partial charge in [0.25, 0.3) is 17.4 Å². The van der Waals surface area contributed by atoms with Crippen LogP contribution in [0, 0.1) is 0 Å². The third-order valence-electron chi connectivity index (χ3n) is 4.44. The maximum absolute atomic E-state index is 12.7. The fourth-order valence-corrected chi connectivity index (χ4v) is 3.01. The molecule has 2 amide bonds. The third kappa shape index (κ3) is 2.61. The van der Waals surface area contributed by atoms with E-state index in [0.29, 0.717) is 11.3 Å². The van der Waals surface area contributed by atoms with Crippen LogP contribution >= 0.6 is 0 Å². The van der Waals surface area contributed by atoms with Crippen molar-refractivity contribution in [3.05, 3.63) is 56.9 Å². The fraction of sp³-hybridized carbons (Fsp3) is 0.263. The molecule has 26 heavy (non-hydrogen) atoms. The summed E-state index contributed by atoms with van der Waals surface area (Å²) in [5.41, 5.74) is 6.66. The van der Waals surface area contributed by atoms with Crippen molar-refractivity contribution in [1.82, 2.24) is 9.88 Å². The number of nitrogens with zero attached hydrogens (tertiary/aromatic N) is 1. The summed E-state index contributed by atoms with van der Waals surface area (Å²) in [5, 5.41) is 2.12. The summed E-state index contributed by atoms with van der Waals surface area (Å²) in [6, 6.07) is 6.25. The van der Waals surface area contributed by atoms with E-state index < -0.39 is 17.4 Å². The van der Waals surface area contributed by atoms with E-state index in [1.807, 2.05) is 26.8 Å². The van der Waals surface area contributed by atoms with Gasteiger partial charge in [0, 0.05) is 11.6 Å². The van der Waals surface area contributed by atoms with Crippen molar-refractivity contribution in [2.24, 2.45) is 0 Å². The zero-order chi connectivity index (χ0) is 19.4. The number of carbonyl (C=O) groups excluding carboxylic acids is 3. The molecule has 0 saturated heterocycles. The van der Waals surface area contributed by atoms with Crippen LogP contribution in [-0.2, 0) is 5.41 Å². The van der Waals surface area contributed by atoms with Crippen LogP contribution < -0.4 is 16.6 Å². The summed E-state index contributed by atoms with van der Waals surface area (Å²) in [6.07, 6.45) is 0. The van der Waals surface area contributed by atoms with Crippen molar-refractivity contribution >= 4 is 23.4 Å². The van der Waals surface area contributed by atoms with Gasteiger partial charge in [-0.25, -0.2) is 0 Å². The number of nitrogens with two attached hydrogens (primary N) is 1. The Balaban J connectivity index is 2.39. The number of pyridine rings is 1. The van der Waals surface area contributed by atoms with Crippen molar-refractivity contribution in [1.29, 1.82) is 0 Å². The number of hydrogen-bond donors (Lipinski definition) is 2. The van der Waals surface area contributed by atoms with Gasteiger partial charge >= 0.3 is 0 Å². The maximum atomic E-state index is 12.7. The van der Waals surface area contributed by atoms with E-state index >= 15 is 0 Å². The first-order valence-corrected chi connectivity index (χ1v) is 8.09. The Hall–Kier alpha value is -3.22. The molecule has 0 aliphatic carbocycles. The average Bonchev–Trinajstić information content (AvgIpc) is 2.80. The Labute approximate surface area is 149 Å². The second-order valence-corrected chi connectivity index (χ2v) is 7.31. The number of anilines is 1. The number of imide groups is 1. The first-order valence-electron chi connectivity index (χ1n) is 8.09. The van der Waals surface area contributed by atoms with Crippen molar-refractivity contribution in [3.63, 3.8) is 0 Å². The van der Waals surface area contributed by atoms with Gasteiger partial charge in [-0.05, 0) is 30.0 Å². The number of benzene rings is 1.